The molecule has 0 aliphatic heterocycles. The molecule has 4 rings (SSSR count). The topological polar surface area (TPSA) is 84.4 Å². The van der Waals surface area contributed by atoms with Gasteiger partial charge in [-0.05, 0) is 50.3 Å². The Labute approximate surface area is 225 Å². The van der Waals surface area contributed by atoms with Crippen molar-refractivity contribution in [1.29, 1.82) is 0 Å². The Morgan fingerprint density at radius 2 is 1.78 bits per heavy atom. The van der Waals surface area contributed by atoms with Crippen LogP contribution in [0.3, 0.4) is 0 Å². The van der Waals surface area contributed by atoms with Crippen LogP contribution in [0, 0.1) is 6.92 Å². The molecule has 1 N–H and O–H groups in total. The zero-order valence-corrected chi connectivity index (χ0v) is 23.7. The molecule has 0 spiro atoms. The number of nitrogens with zero attached hydrogens (tertiary/aromatic N) is 3. The average molecular weight is 537 g/mol. The minimum atomic E-state index is -0.461. The van der Waals surface area contributed by atoms with E-state index in [9.17, 15) is 9.59 Å². The van der Waals surface area contributed by atoms with E-state index >= 15 is 0 Å². The first-order chi connectivity index (χ1) is 17.8. The lowest BCUT2D eigenvalue weighted by Gasteiger charge is -2.18. The normalized spacial score (nSPS) is 11.2. The summed E-state index contributed by atoms with van der Waals surface area (Å²) in [6, 6.07) is 8.53. The Kier molecular flexibility index (Phi) is 8.24. The second-order valence-electron chi connectivity index (χ2n) is 8.91. The number of rotatable bonds is 9. The summed E-state index contributed by atoms with van der Waals surface area (Å²) in [5.74, 6) is 0.478. The molecule has 7 nitrogen and oxygen atoms in total. The number of nitrogens with one attached hydrogen (secondary N) is 1. The molecule has 1 amide bonds. The van der Waals surface area contributed by atoms with Gasteiger partial charge in [0.15, 0.2) is 0 Å². The summed E-state index contributed by atoms with van der Waals surface area (Å²) in [6.07, 6.45) is 1.51. The SMILES string of the molecule is CCOC(=O)c1c(Nc2ncnc3scc(-c4ccc(C(C)C)cc4)c23)sc(C(=O)N(CC)CC)c1C. The fraction of sp³-hybridized carbons (Fsp3) is 0.357. The zero-order valence-electron chi connectivity index (χ0n) is 22.0. The van der Waals surface area contributed by atoms with Crippen LogP contribution < -0.4 is 5.32 Å². The van der Waals surface area contributed by atoms with E-state index in [1.165, 1.54) is 23.2 Å². The maximum Gasteiger partial charge on any atom is 0.341 e. The maximum atomic E-state index is 13.2. The molecule has 0 fully saturated rings. The highest BCUT2D eigenvalue weighted by Crippen LogP contribution is 2.41. The van der Waals surface area contributed by atoms with E-state index in [4.69, 9.17) is 4.74 Å². The van der Waals surface area contributed by atoms with Crippen molar-refractivity contribution >= 4 is 55.6 Å². The third-order valence-corrected chi connectivity index (χ3v) is 8.44. The van der Waals surface area contributed by atoms with E-state index in [0.717, 1.165) is 21.3 Å². The van der Waals surface area contributed by atoms with E-state index in [1.54, 1.807) is 30.1 Å². The molecule has 0 bridgehead atoms. The summed E-state index contributed by atoms with van der Waals surface area (Å²) in [6.45, 7) is 13.2. The molecule has 194 valence electrons. The van der Waals surface area contributed by atoms with Crippen LogP contribution in [-0.4, -0.2) is 46.4 Å². The van der Waals surface area contributed by atoms with Crippen LogP contribution in [0.2, 0.25) is 0 Å². The Hall–Kier alpha value is -3.30. The Morgan fingerprint density at radius 1 is 1.08 bits per heavy atom. The first-order valence-electron chi connectivity index (χ1n) is 12.5. The number of esters is 1. The molecular weight excluding hydrogens is 504 g/mol. The number of ether oxygens (including phenoxy) is 1. The monoisotopic (exact) mass is 536 g/mol. The summed E-state index contributed by atoms with van der Waals surface area (Å²) < 4.78 is 5.36. The highest BCUT2D eigenvalue weighted by molar-refractivity contribution is 7.19. The minimum Gasteiger partial charge on any atom is -0.462 e. The fourth-order valence-electron chi connectivity index (χ4n) is 4.25. The van der Waals surface area contributed by atoms with Gasteiger partial charge in [-0.25, -0.2) is 14.8 Å². The Bertz CT molecular complexity index is 1420. The van der Waals surface area contributed by atoms with Crippen LogP contribution in [0.25, 0.3) is 21.3 Å². The molecular formula is C28H32N4O3S2. The summed E-state index contributed by atoms with van der Waals surface area (Å²) >= 11 is 2.81. The number of amides is 1. The molecule has 37 heavy (non-hydrogen) atoms. The standard InChI is InChI=1S/C28H32N4O3S2/c1-7-32(8-2)27(33)23-17(6)21(28(34)35-9-3)26(37-23)31-24-22-20(14-36-25(22)30-15-29-24)19-12-10-18(11-13-19)16(4)5/h10-16H,7-9H2,1-6H3,(H,29,30,31). The van der Waals surface area contributed by atoms with Crippen molar-refractivity contribution < 1.29 is 14.3 Å². The first-order valence-corrected chi connectivity index (χ1v) is 14.2. The van der Waals surface area contributed by atoms with Crippen molar-refractivity contribution in [2.45, 2.75) is 47.5 Å². The third-order valence-electron chi connectivity index (χ3n) is 6.36. The van der Waals surface area contributed by atoms with Gasteiger partial charge in [0.1, 0.15) is 22.0 Å². The highest BCUT2D eigenvalue weighted by Gasteiger charge is 2.28. The lowest BCUT2D eigenvalue weighted by Crippen LogP contribution is -2.30. The smallest absolute Gasteiger partial charge is 0.341 e. The van der Waals surface area contributed by atoms with E-state index in [2.05, 4.69) is 58.8 Å². The summed E-state index contributed by atoms with van der Waals surface area (Å²) in [4.78, 5) is 38.4. The molecule has 0 saturated heterocycles. The summed E-state index contributed by atoms with van der Waals surface area (Å²) in [7, 11) is 0. The van der Waals surface area contributed by atoms with Gasteiger partial charge in [-0.3, -0.25) is 4.79 Å². The number of hydrogen-bond acceptors (Lipinski definition) is 8. The van der Waals surface area contributed by atoms with E-state index in [1.807, 2.05) is 13.8 Å². The Balaban J connectivity index is 1.82. The number of hydrogen-bond donors (Lipinski definition) is 1. The molecule has 0 saturated carbocycles. The number of thiophene rings is 2. The van der Waals surface area contributed by atoms with Crippen LogP contribution in [0.5, 0.6) is 0 Å². The lowest BCUT2D eigenvalue weighted by molar-refractivity contribution is 0.0527. The van der Waals surface area contributed by atoms with Gasteiger partial charge in [-0.2, -0.15) is 0 Å². The average Bonchev–Trinajstić information content (AvgIpc) is 3.46. The number of fused-ring (bicyclic) bond motifs is 1. The molecule has 0 atom stereocenters. The number of aromatic nitrogens is 2. The number of anilines is 2. The molecule has 1 aromatic carbocycles. The van der Waals surface area contributed by atoms with Gasteiger partial charge < -0.3 is 15.0 Å². The van der Waals surface area contributed by atoms with E-state index in [0.29, 0.717) is 45.8 Å². The molecule has 4 aromatic rings. The van der Waals surface area contributed by atoms with Crippen LogP contribution in [0.1, 0.15) is 71.7 Å². The largest absolute Gasteiger partial charge is 0.462 e. The van der Waals surface area contributed by atoms with Crippen LogP contribution >= 0.6 is 22.7 Å². The van der Waals surface area contributed by atoms with E-state index < -0.39 is 5.97 Å². The van der Waals surface area contributed by atoms with Crippen molar-refractivity contribution in [2.24, 2.45) is 0 Å². The minimum absolute atomic E-state index is 0.0969. The number of carbonyl (C=O) groups excluding carboxylic acids is 2. The summed E-state index contributed by atoms with van der Waals surface area (Å²) in [5.41, 5.74) is 4.34. The van der Waals surface area contributed by atoms with Crippen molar-refractivity contribution in [1.82, 2.24) is 14.9 Å². The molecule has 0 aliphatic rings. The first kappa shape index (κ1) is 26.8. The van der Waals surface area contributed by atoms with Crippen molar-refractivity contribution in [2.75, 3.05) is 25.0 Å². The van der Waals surface area contributed by atoms with Crippen molar-refractivity contribution in [3.05, 3.63) is 57.5 Å². The number of carbonyl (C=O) groups is 2. The molecule has 0 unspecified atom stereocenters. The predicted octanol–water partition coefficient (Wildman–Crippen LogP) is 7.25. The van der Waals surface area contributed by atoms with Gasteiger partial charge >= 0.3 is 5.97 Å². The molecule has 3 heterocycles. The maximum absolute atomic E-state index is 13.2. The van der Waals surface area contributed by atoms with Gasteiger partial charge in [-0.1, -0.05) is 38.1 Å². The fourth-order valence-corrected chi connectivity index (χ4v) is 6.32. The van der Waals surface area contributed by atoms with Gasteiger partial charge in [0.25, 0.3) is 5.91 Å². The molecule has 0 radical (unpaired) electrons. The molecule has 0 aliphatic carbocycles. The highest BCUT2D eigenvalue weighted by atomic mass is 32.1. The van der Waals surface area contributed by atoms with Gasteiger partial charge in [0.05, 0.1) is 22.4 Å². The molecule has 9 heteroatoms. The lowest BCUT2D eigenvalue weighted by atomic mass is 9.99. The van der Waals surface area contributed by atoms with Crippen LogP contribution in [-0.2, 0) is 4.74 Å². The molecule has 3 aromatic heterocycles. The summed E-state index contributed by atoms with van der Waals surface area (Å²) in [5, 5.41) is 6.87. The second-order valence-corrected chi connectivity index (χ2v) is 10.8. The van der Waals surface area contributed by atoms with Gasteiger partial charge in [-0.15, -0.1) is 22.7 Å². The van der Waals surface area contributed by atoms with Crippen LogP contribution in [0.15, 0.2) is 36.0 Å². The van der Waals surface area contributed by atoms with Crippen molar-refractivity contribution in [3.63, 3.8) is 0 Å². The zero-order chi connectivity index (χ0) is 26.7. The quantitative estimate of drug-likeness (QED) is 0.227. The number of benzene rings is 1. The van der Waals surface area contributed by atoms with Crippen molar-refractivity contribution in [3.8, 4) is 11.1 Å². The third kappa shape index (κ3) is 5.24. The predicted molar refractivity (Wildman–Crippen MR) is 152 cm³/mol. The second kappa shape index (κ2) is 11.4. The van der Waals surface area contributed by atoms with E-state index in [-0.39, 0.29) is 12.5 Å². The Morgan fingerprint density at radius 3 is 2.41 bits per heavy atom. The van der Waals surface area contributed by atoms with Gasteiger partial charge in [0.2, 0.25) is 0 Å². The van der Waals surface area contributed by atoms with Gasteiger partial charge in [0, 0.05) is 24.0 Å². The van der Waals surface area contributed by atoms with Crippen LogP contribution in [0.4, 0.5) is 10.8 Å².